The lowest BCUT2D eigenvalue weighted by atomic mass is 9.95. The second kappa shape index (κ2) is 9.76. The van der Waals surface area contributed by atoms with E-state index in [1.807, 2.05) is 0 Å². The van der Waals surface area contributed by atoms with Crippen LogP contribution in [-0.2, 0) is 14.8 Å². The third-order valence-corrected chi connectivity index (χ3v) is 6.84. The Hall–Kier alpha value is -2.58. The van der Waals surface area contributed by atoms with Gasteiger partial charge in [-0.15, -0.1) is 0 Å². The van der Waals surface area contributed by atoms with Crippen molar-refractivity contribution < 1.29 is 17.6 Å². The minimum atomic E-state index is -3.82. The van der Waals surface area contributed by atoms with E-state index in [0.29, 0.717) is 0 Å². The van der Waals surface area contributed by atoms with E-state index in [2.05, 4.69) is 10.5 Å². The van der Waals surface area contributed by atoms with E-state index in [4.69, 9.17) is 0 Å². The standard InChI is InChI=1S/C21H24FN3O3S/c22-20-14-8-7-9-17(20)15-23-24-21(26)16-25(18-10-3-1-4-11-18)29(27,28)19-12-5-2-6-13-19/h2,5-9,12-15,18H,1,3-4,10-11,16H2,(H,24,26)/b23-15+. The van der Waals surface area contributed by atoms with Gasteiger partial charge in [-0.2, -0.15) is 9.41 Å². The Balaban J connectivity index is 1.74. The number of hydrogen-bond acceptors (Lipinski definition) is 4. The predicted octanol–water partition coefficient (Wildman–Crippen LogP) is 3.30. The van der Waals surface area contributed by atoms with E-state index in [9.17, 15) is 17.6 Å². The lowest BCUT2D eigenvalue weighted by Gasteiger charge is -2.32. The van der Waals surface area contributed by atoms with Crippen molar-refractivity contribution in [3.63, 3.8) is 0 Å². The van der Waals surface area contributed by atoms with Crippen LogP contribution in [0.15, 0.2) is 64.6 Å². The summed E-state index contributed by atoms with van der Waals surface area (Å²) in [6.45, 7) is -0.337. The van der Waals surface area contributed by atoms with Crippen LogP contribution in [0.3, 0.4) is 0 Å². The van der Waals surface area contributed by atoms with Crippen LogP contribution in [0.25, 0.3) is 0 Å². The summed E-state index contributed by atoms with van der Waals surface area (Å²) in [5.74, 6) is -1.02. The van der Waals surface area contributed by atoms with E-state index in [1.165, 1.54) is 34.8 Å². The van der Waals surface area contributed by atoms with E-state index in [0.717, 1.165) is 32.1 Å². The number of sulfonamides is 1. The third-order valence-electron chi connectivity index (χ3n) is 4.93. The second-order valence-electron chi connectivity index (χ2n) is 6.97. The highest BCUT2D eigenvalue weighted by atomic mass is 32.2. The number of halogens is 1. The van der Waals surface area contributed by atoms with Gasteiger partial charge in [-0.3, -0.25) is 4.79 Å². The number of carbonyl (C=O) groups excluding carboxylic acids is 1. The van der Waals surface area contributed by atoms with Gasteiger partial charge in [0.1, 0.15) is 5.82 Å². The molecule has 8 heteroatoms. The molecule has 0 bridgehead atoms. The van der Waals surface area contributed by atoms with Crippen molar-refractivity contribution in [1.82, 2.24) is 9.73 Å². The second-order valence-corrected chi connectivity index (χ2v) is 8.86. The molecular weight excluding hydrogens is 393 g/mol. The van der Waals surface area contributed by atoms with Gasteiger partial charge < -0.3 is 0 Å². The van der Waals surface area contributed by atoms with Gasteiger partial charge in [-0.1, -0.05) is 55.7 Å². The lowest BCUT2D eigenvalue weighted by molar-refractivity contribution is -0.121. The van der Waals surface area contributed by atoms with Crippen LogP contribution >= 0.6 is 0 Å². The normalized spacial score (nSPS) is 15.7. The van der Waals surface area contributed by atoms with Crippen molar-refractivity contribution in [3.05, 3.63) is 66.0 Å². The summed E-state index contributed by atoms with van der Waals surface area (Å²) in [5, 5.41) is 3.77. The molecule has 0 aliphatic heterocycles. The molecule has 1 aliphatic carbocycles. The average Bonchev–Trinajstić information content (AvgIpc) is 2.74. The summed E-state index contributed by atoms with van der Waals surface area (Å²) in [7, 11) is -3.82. The first-order valence-electron chi connectivity index (χ1n) is 9.62. The summed E-state index contributed by atoms with van der Waals surface area (Å²) < 4.78 is 41.2. The molecule has 1 N–H and O–H groups in total. The highest BCUT2D eigenvalue weighted by Gasteiger charge is 2.33. The van der Waals surface area contributed by atoms with Crippen molar-refractivity contribution in [3.8, 4) is 0 Å². The summed E-state index contributed by atoms with van der Waals surface area (Å²) >= 11 is 0. The molecule has 1 amide bonds. The Labute approximate surface area is 170 Å². The highest BCUT2D eigenvalue weighted by Crippen LogP contribution is 2.27. The topological polar surface area (TPSA) is 78.8 Å². The van der Waals surface area contributed by atoms with Crippen LogP contribution in [0.2, 0.25) is 0 Å². The molecule has 1 fully saturated rings. The summed E-state index contributed by atoms with van der Waals surface area (Å²) in [6.07, 6.45) is 5.56. The molecule has 1 saturated carbocycles. The summed E-state index contributed by atoms with van der Waals surface area (Å²) in [6, 6.07) is 13.9. The summed E-state index contributed by atoms with van der Waals surface area (Å²) in [5.41, 5.74) is 2.54. The van der Waals surface area contributed by atoms with Gasteiger partial charge in [-0.05, 0) is 31.0 Å². The predicted molar refractivity (Wildman–Crippen MR) is 109 cm³/mol. The molecule has 0 aromatic heterocycles. The molecular formula is C21H24FN3O3S. The van der Waals surface area contributed by atoms with Gasteiger partial charge in [0, 0.05) is 11.6 Å². The molecule has 0 heterocycles. The molecule has 0 saturated heterocycles. The fourth-order valence-corrected chi connectivity index (χ4v) is 5.10. The van der Waals surface area contributed by atoms with Crippen molar-refractivity contribution >= 4 is 22.1 Å². The molecule has 1 aliphatic rings. The van der Waals surface area contributed by atoms with Crippen molar-refractivity contribution in [2.45, 2.75) is 43.0 Å². The van der Waals surface area contributed by atoms with Crippen LogP contribution in [0.1, 0.15) is 37.7 Å². The van der Waals surface area contributed by atoms with E-state index >= 15 is 0 Å². The number of benzene rings is 2. The van der Waals surface area contributed by atoms with Crippen LogP contribution in [-0.4, -0.2) is 37.4 Å². The maximum Gasteiger partial charge on any atom is 0.255 e. The van der Waals surface area contributed by atoms with Gasteiger partial charge in [0.05, 0.1) is 17.7 Å². The lowest BCUT2D eigenvalue weighted by Crippen LogP contribution is -2.46. The van der Waals surface area contributed by atoms with Crippen LogP contribution in [0, 0.1) is 5.82 Å². The Bertz CT molecular complexity index is 958. The first-order valence-corrected chi connectivity index (χ1v) is 11.1. The molecule has 29 heavy (non-hydrogen) atoms. The quantitative estimate of drug-likeness (QED) is 0.555. The maximum absolute atomic E-state index is 13.6. The molecule has 2 aromatic carbocycles. The molecule has 0 spiro atoms. The first kappa shape index (κ1) is 21.1. The average molecular weight is 418 g/mol. The zero-order chi connectivity index (χ0) is 20.7. The SMILES string of the molecule is O=C(CN(C1CCCCC1)S(=O)(=O)c1ccccc1)N/N=C/c1ccccc1F. The smallest absolute Gasteiger partial charge is 0.255 e. The molecule has 2 aromatic rings. The Morgan fingerprint density at radius 3 is 2.41 bits per heavy atom. The van der Waals surface area contributed by atoms with Crippen molar-refractivity contribution in [2.75, 3.05) is 6.54 Å². The number of amides is 1. The molecule has 0 atom stereocenters. The number of hydrogen-bond donors (Lipinski definition) is 1. The largest absolute Gasteiger partial charge is 0.272 e. The molecule has 154 valence electrons. The first-order chi connectivity index (χ1) is 14.0. The summed E-state index contributed by atoms with van der Waals surface area (Å²) in [4.78, 5) is 12.6. The number of nitrogens with one attached hydrogen (secondary N) is 1. The number of hydrazone groups is 1. The minimum absolute atomic E-state index is 0.160. The van der Waals surface area contributed by atoms with Gasteiger partial charge in [0.15, 0.2) is 0 Å². The molecule has 6 nitrogen and oxygen atoms in total. The fraction of sp³-hybridized carbons (Fsp3) is 0.333. The Kier molecular flexibility index (Phi) is 7.11. The third kappa shape index (κ3) is 5.48. The highest BCUT2D eigenvalue weighted by molar-refractivity contribution is 7.89. The van der Waals surface area contributed by atoms with Crippen molar-refractivity contribution in [1.29, 1.82) is 0 Å². The monoisotopic (exact) mass is 417 g/mol. The maximum atomic E-state index is 13.6. The van der Waals surface area contributed by atoms with E-state index < -0.39 is 21.7 Å². The molecule has 0 unspecified atom stereocenters. The molecule has 3 rings (SSSR count). The van der Waals surface area contributed by atoms with Crippen LogP contribution in [0.4, 0.5) is 4.39 Å². The molecule has 0 radical (unpaired) electrons. The van der Waals surface area contributed by atoms with Crippen molar-refractivity contribution in [2.24, 2.45) is 5.10 Å². The van der Waals surface area contributed by atoms with Crippen LogP contribution < -0.4 is 5.43 Å². The van der Waals surface area contributed by atoms with Gasteiger partial charge in [0.25, 0.3) is 5.91 Å². The fourth-order valence-electron chi connectivity index (χ4n) is 3.44. The number of rotatable bonds is 7. The van der Waals surface area contributed by atoms with Gasteiger partial charge in [0.2, 0.25) is 10.0 Å². The number of nitrogens with zero attached hydrogens (tertiary/aromatic N) is 2. The zero-order valence-electron chi connectivity index (χ0n) is 16.0. The van der Waals surface area contributed by atoms with Crippen LogP contribution in [0.5, 0.6) is 0 Å². The van der Waals surface area contributed by atoms with Gasteiger partial charge in [-0.25, -0.2) is 18.2 Å². The zero-order valence-corrected chi connectivity index (χ0v) is 16.8. The van der Waals surface area contributed by atoms with E-state index in [-0.39, 0.29) is 23.0 Å². The van der Waals surface area contributed by atoms with Gasteiger partial charge >= 0.3 is 0 Å². The Morgan fingerprint density at radius 2 is 1.72 bits per heavy atom. The Morgan fingerprint density at radius 1 is 1.07 bits per heavy atom. The van der Waals surface area contributed by atoms with E-state index in [1.54, 1.807) is 30.3 Å². The minimum Gasteiger partial charge on any atom is -0.272 e. The number of carbonyl (C=O) groups is 1.